The van der Waals surface area contributed by atoms with Gasteiger partial charge in [-0.2, -0.15) is 0 Å². The van der Waals surface area contributed by atoms with Gasteiger partial charge in [0.1, 0.15) is 0 Å². The van der Waals surface area contributed by atoms with Crippen LogP contribution in [-0.4, -0.2) is 23.5 Å². The molecule has 0 aliphatic rings. The minimum atomic E-state index is -0.632. The Morgan fingerprint density at radius 1 is 1.17 bits per heavy atom. The lowest BCUT2D eigenvalue weighted by Crippen LogP contribution is -2.20. The monoisotopic (exact) mass is 350 g/mol. The predicted molar refractivity (Wildman–Crippen MR) is 89.3 cm³/mol. The number of carbonyl (C=O) groups is 2. The summed E-state index contributed by atoms with van der Waals surface area (Å²) in [5.74, 6) is -1.14. The minimum absolute atomic E-state index is 0.162. The van der Waals surface area contributed by atoms with Crippen molar-refractivity contribution in [3.8, 4) is 0 Å². The molecule has 0 spiro atoms. The van der Waals surface area contributed by atoms with Gasteiger partial charge in [-0.3, -0.25) is 4.79 Å². The second-order valence-corrected chi connectivity index (χ2v) is 5.18. The van der Waals surface area contributed by atoms with Crippen LogP contribution in [0.3, 0.4) is 0 Å². The standard InChI is InChI=1S/C16H12Cl2N2O3/c17-12-6-3-11(4-7-12)5-8-15(22)23-10-14(21)20-13-2-1-9-19-16(13)18/h1-9H,10H2,(H,20,21)/b8-5+. The summed E-state index contributed by atoms with van der Waals surface area (Å²) in [5.41, 5.74) is 1.14. The van der Waals surface area contributed by atoms with Gasteiger partial charge in [-0.15, -0.1) is 0 Å². The molecule has 1 N–H and O–H groups in total. The Balaban J connectivity index is 1.81. The van der Waals surface area contributed by atoms with E-state index >= 15 is 0 Å². The Hall–Kier alpha value is -2.37. The number of ether oxygens (including phenoxy) is 1. The molecule has 1 aromatic carbocycles. The van der Waals surface area contributed by atoms with Gasteiger partial charge >= 0.3 is 5.97 Å². The molecule has 2 aromatic rings. The predicted octanol–water partition coefficient (Wildman–Crippen LogP) is 3.58. The molecule has 0 radical (unpaired) electrons. The molecule has 0 unspecified atom stereocenters. The summed E-state index contributed by atoms with van der Waals surface area (Å²) < 4.78 is 4.83. The topological polar surface area (TPSA) is 68.3 Å². The third-order valence-corrected chi connectivity index (χ3v) is 3.21. The molecule has 118 valence electrons. The quantitative estimate of drug-likeness (QED) is 0.508. The van der Waals surface area contributed by atoms with Crippen LogP contribution in [0.15, 0.2) is 48.7 Å². The SMILES string of the molecule is O=C(COC(=O)/C=C/c1ccc(Cl)cc1)Nc1cccnc1Cl. The maximum Gasteiger partial charge on any atom is 0.331 e. The van der Waals surface area contributed by atoms with Gasteiger partial charge in [0.2, 0.25) is 0 Å². The van der Waals surface area contributed by atoms with Gasteiger partial charge in [0.15, 0.2) is 11.8 Å². The van der Waals surface area contributed by atoms with Gasteiger partial charge in [0.25, 0.3) is 5.91 Å². The maximum atomic E-state index is 11.7. The molecule has 5 nitrogen and oxygen atoms in total. The van der Waals surface area contributed by atoms with Crippen LogP contribution in [0, 0.1) is 0 Å². The lowest BCUT2D eigenvalue weighted by molar-refractivity contribution is -0.142. The number of esters is 1. The van der Waals surface area contributed by atoms with Crippen LogP contribution in [-0.2, 0) is 14.3 Å². The molecule has 0 saturated heterocycles. The number of nitrogens with zero attached hydrogens (tertiary/aromatic N) is 1. The van der Waals surface area contributed by atoms with Crippen LogP contribution in [0.5, 0.6) is 0 Å². The molecule has 1 amide bonds. The van der Waals surface area contributed by atoms with E-state index in [1.165, 1.54) is 12.3 Å². The number of anilines is 1. The molecule has 0 aliphatic heterocycles. The maximum absolute atomic E-state index is 11.7. The zero-order chi connectivity index (χ0) is 16.7. The first-order chi connectivity index (χ1) is 11.0. The second-order valence-electron chi connectivity index (χ2n) is 4.38. The third kappa shape index (κ3) is 5.73. The number of benzene rings is 1. The molecule has 0 saturated carbocycles. The number of hydrogen-bond donors (Lipinski definition) is 1. The first-order valence-electron chi connectivity index (χ1n) is 6.55. The van der Waals surface area contributed by atoms with Gasteiger partial charge < -0.3 is 10.1 Å². The van der Waals surface area contributed by atoms with E-state index in [0.717, 1.165) is 5.56 Å². The fraction of sp³-hybridized carbons (Fsp3) is 0.0625. The van der Waals surface area contributed by atoms with Crippen molar-refractivity contribution in [2.75, 3.05) is 11.9 Å². The highest BCUT2D eigenvalue weighted by molar-refractivity contribution is 6.32. The summed E-state index contributed by atoms with van der Waals surface area (Å²) in [6.07, 6.45) is 4.29. The zero-order valence-electron chi connectivity index (χ0n) is 11.8. The average molecular weight is 351 g/mol. The van der Waals surface area contributed by atoms with Crippen molar-refractivity contribution in [3.63, 3.8) is 0 Å². The van der Waals surface area contributed by atoms with E-state index in [9.17, 15) is 9.59 Å². The summed E-state index contributed by atoms with van der Waals surface area (Å²) in [5, 5.41) is 3.26. The molecule has 2 rings (SSSR count). The van der Waals surface area contributed by atoms with Crippen molar-refractivity contribution in [1.82, 2.24) is 4.98 Å². The fourth-order valence-corrected chi connectivity index (χ4v) is 1.88. The van der Waals surface area contributed by atoms with E-state index in [1.807, 2.05) is 0 Å². The Morgan fingerprint density at radius 2 is 1.91 bits per heavy atom. The number of pyridine rings is 1. The van der Waals surface area contributed by atoms with Crippen molar-refractivity contribution in [2.24, 2.45) is 0 Å². The molecule has 7 heteroatoms. The largest absolute Gasteiger partial charge is 0.452 e. The highest BCUT2D eigenvalue weighted by Gasteiger charge is 2.08. The molecule has 23 heavy (non-hydrogen) atoms. The number of amides is 1. The first kappa shape index (κ1) is 17.0. The molecular formula is C16H12Cl2N2O3. The summed E-state index contributed by atoms with van der Waals surface area (Å²) >= 11 is 11.6. The highest BCUT2D eigenvalue weighted by atomic mass is 35.5. The number of rotatable bonds is 5. The van der Waals surface area contributed by atoms with Crippen molar-refractivity contribution < 1.29 is 14.3 Å². The van der Waals surface area contributed by atoms with E-state index < -0.39 is 18.5 Å². The Bertz CT molecular complexity index is 730. The van der Waals surface area contributed by atoms with E-state index in [0.29, 0.717) is 10.7 Å². The summed E-state index contributed by atoms with van der Waals surface area (Å²) in [4.78, 5) is 27.0. The lowest BCUT2D eigenvalue weighted by atomic mass is 10.2. The second kappa shape index (κ2) is 8.31. The molecule has 1 heterocycles. The van der Waals surface area contributed by atoms with E-state index in [1.54, 1.807) is 42.5 Å². The highest BCUT2D eigenvalue weighted by Crippen LogP contribution is 2.17. The van der Waals surface area contributed by atoms with Crippen LogP contribution in [0.4, 0.5) is 5.69 Å². The number of nitrogens with one attached hydrogen (secondary N) is 1. The minimum Gasteiger partial charge on any atom is -0.452 e. The summed E-state index contributed by atoms with van der Waals surface area (Å²) in [7, 11) is 0. The average Bonchev–Trinajstić information content (AvgIpc) is 2.54. The van der Waals surface area contributed by atoms with E-state index in [2.05, 4.69) is 10.3 Å². The Kier molecular flexibility index (Phi) is 6.14. The first-order valence-corrected chi connectivity index (χ1v) is 7.31. The van der Waals surface area contributed by atoms with Gasteiger partial charge in [0.05, 0.1) is 5.69 Å². The summed E-state index contributed by atoms with van der Waals surface area (Å²) in [6.45, 7) is -0.422. The van der Waals surface area contributed by atoms with Crippen LogP contribution >= 0.6 is 23.2 Å². The van der Waals surface area contributed by atoms with E-state index in [-0.39, 0.29) is 5.15 Å². The fourth-order valence-electron chi connectivity index (χ4n) is 1.59. The zero-order valence-corrected chi connectivity index (χ0v) is 13.3. The van der Waals surface area contributed by atoms with Gasteiger partial charge in [-0.25, -0.2) is 9.78 Å². The van der Waals surface area contributed by atoms with Crippen LogP contribution in [0.2, 0.25) is 10.2 Å². The Morgan fingerprint density at radius 3 is 2.61 bits per heavy atom. The van der Waals surface area contributed by atoms with Crippen molar-refractivity contribution >= 4 is 46.8 Å². The Labute approximate surface area is 142 Å². The molecule has 1 aromatic heterocycles. The van der Waals surface area contributed by atoms with Crippen molar-refractivity contribution in [2.45, 2.75) is 0 Å². The number of aromatic nitrogens is 1. The van der Waals surface area contributed by atoms with Gasteiger partial charge in [0, 0.05) is 17.3 Å². The van der Waals surface area contributed by atoms with Gasteiger partial charge in [-0.1, -0.05) is 35.3 Å². The molecule has 0 atom stereocenters. The van der Waals surface area contributed by atoms with Crippen molar-refractivity contribution in [3.05, 3.63) is 64.4 Å². The number of carbonyl (C=O) groups excluding carboxylic acids is 2. The molecule has 0 bridgehead atoms. The van der Waals surface area contributed by atoms with Crippen LogP contribution in [0.1, 0.15) is 5.56 Å². The van der Waals surface area contributed by atoms with Crippen molar-refractivity contribution in [1.29, 1.82) is 0 Å². The third-order valence-electron chi connectivity index (χ3n) is 2.66. The molecular weight excluding hydrogens is 339 g/mol. The lowest BCUT2D eigenvalue weighted by Gasteiger charge is -2.06. The van der Waals surface area contributed by atoms with E-state index in [4.69, 9.17) is 27.9 Å². The number of hydrogen-bond acceptors (Lipinski definition) is 4. The van der Waals surface area contributed by atoms with Crippen LogP contribution in [0.25, 0.3) is 6.08 Å². The van der Waals surface area contributed by atoms with Crippen LogP contribution < -0.4 is 5.32 Å². The van der Waals surface area contributed by atoms with Gasteiger partial charge in [-0.05, 0) is 35.9 Å². The number of halogens is 2. The molecule has 0 fully saturated rings. The summed E-state index contributed by atoms with van der Waals surface area (Å²) in [6, 6.07) is 10.1. The normalized spacial score (nSPS) is 10.5. The molecule has 0 aliphatic carbocycles. The smallest absolute Gasteiger partial charge is 0.331 e.